The largest absolute Gasteiger partial charge is 0.273 e. The van der Waals surface area contributed by atoms with Crippen molar-refractivity contribution in [2.24, 2.45) is 34.5 Å². The molecule has 1 aliphatic heterocycles. The molecule has 5 aliphatic rings. The number of carbonyl (C=O) groups excluding carboxylic acids is 2. The summed E-state index contributed by atoms with van der Waals surface area (Å²) in [6.45, 7) is 4.53. The lowest BCUT2D eigenvalue weighted by Crippen LogP contribution is -2.50. The van der Waals surface area contributed by atoms with Gasteiger partial charge in [0.1, 0.15) is 0 Å². The summed E-state index contributed by atoms with van der Waals surface area (Å²) in [4.78, 5) is 27.9. The highest BCUT2D eigenvalue weighted by Crippen LogP contribution is 2.70. The average Bonchev–Trinajstić information content (AvgIpc) is 3.48. The molecule has 3 saturated carbocycles. The van der Waals surface area contributed by atoms with Crippen LogP contribution < -0.4 is 5.01 Å². The molecule has 4 bridgehead atoms. The van der Waals surface area contributed by atoms with Crippen LogP contribution in [-0.2, 0) is 9.59 Å². The van der Waals surface area contributed by atoms with Crippen molar-refractivity contribution in [1.29, 1.82) is 0 Å². The minimum absolute atomic E-state index is 0.0181. The molecule has 0 aromatic heterocycles. The normalized spacial score (nSPS) is 41.9. The highest BCUT2D eigenvalue weighted by molar-refractivity contribution is 6.05. The van der Waals surface area contributed by atoms with Gasteiger partial charge in [-0.3, -0.25) is 9.59 Å². The SMILES string of the molecule is CC1(C)[C@@H]2CC[C@]13C(=O)N(c1ccccc1)N(C(=O)[C@H]1C[C@H]4C=C[C@@H]1C4)[C@@H]3C2. The maximum atomic E-state index is 14.0. The molecule has 1 heterocycles. The van der Waals surface area contributed by atoms with Crippen molar-refractivity contribution in [3.63, 3.8) is 0 Å². The fraction of sp³-hybridized carbons (Fsp3) is 0.583. The van der Waals surface area contributed by atoms with E-state index in [0.717, 1.165) is 37.8 Å². The second-order valence-corrected chi connectivity index (χ2v) is 10.2. The summed E-state index contributed by atoms with van der Waals surface area (Å²) in [6, 6.07) is 9.83. The molecule has 4 aliphatic carbocycles. The summed E-state index contributed by atoms with van der Waals surface area (Å²) in [5.41, 5.74) is 0.365. The molecule has 2 amide bonds. The van der Waals surface area contributed by atoms with Crippen molar-refractivity contribution >= 4 is 17.5 Å². The Labute approximate surface area is 166 Å². The number of nitrogens with zero attached hydrogens (tertiary/aromatic N) is 2. The van der Waals surface area contributed by atoms with Crippen molar-refractivity contribution in [2.45, 2.75) is 52.0 Å². The van der Waals surface area contributed by atoms with Crippen LogP contribution in [0.2, 0.25) is 0 Å². The van der Waals surface area contributed by atoms with Crippen molar-refractivity contribution in [3.05, 3.63) is 42.5 Å². The third kappa shape index (κ3) is 1.78. The fourth-order valence-corrected chi connectivity index (χ4v) is 7.49. The van der Waals surface area contributed by atoms with E-state index in [0.29, 0.717) is 17.8 Å². The second-order valence-electron chi connectivity index (χ2n) is 10.2. The Morgan fingerprint density at radius 1 is 1.07 bits per heavy atom. The van der Waals surface area contributed by atoms with Crippen LogP contribution >= 0.6 is 0 Å². The summed E-state index contributed by atoms with van der Waals surface area (Å²) in [6.07, 6.45) is 9.55. The van der Waals surface area contributed by atoms with Gasteiger partial charge >= 0.3 is 0 Å². The molecular weight excluding hydrogens is 348 g/mol. The minimum Gasteiger partial charge on any atom is -0.273 e. The average molecular weight is 377 g/mol. The van der Waals surface area contributed by atoms with Crippen LogP contribution in [0, 0.1) is 34.5 Å². The number of carbonyl (C=O) groups is 2. The molecule has 6 atom stereocenters. The lowest BCUT2D eigenvalue weighted by molar-refractivity contribution is -0.139. The first-order valence-electron chi connectivity index (χ1n) is 10.9. The maximum Gasteiger partial charge on any atom is 0.254 e. The van der Waals surface area contributed by atoms with Crippen LogP contribution in [0.15, 0.2) is 42.5 Å². The maximum absolute atomic E-state index is 14.0. The summed E-state index contributed by atoms with van der Waals surface area (Å²) in [5.74, 6) is 1.81. The molecule has 1 saturated heterocycles. The first kappa shape index (κ1) is 16.8. The van der Waals surface area contributed by atoms with E-state index in [1.807, 2.05) is 35.3 Å². The van der Waals surface area contributed by atoms with Crippen molar-refractivity contribution in [2.75, 3.05) is 5.01 Å². The van der Waals surface area contributed by atoms with Gasteiger partial charge in [-0.1, -0.05) is 44.2 Å². The molecule has 0 unspecified atom stereocenters. The van der Waals surface area contributed by atoms with Crippen LogP contribution in [0.3, 0.4) is 0 Å². The molecule has 4 nitrogen and oxygen atoms in total. The van der Waals surface area contributed by atoms with Gasteiger partial charge in [-0.05, 0) is 67.4 Å². The predicted octanol–water partition coefficient (Wildman–Crippen LogP) is 4.18. The number of amides is 2. The third-order valence-electron chi connectivity index (χ3n) is 9.04. The molecule has 6 rings (SSSR count). The van der Waals surface area contributed by atoms with Gasteiger partial charge in [0.2, 0.25) is 5.91 Å². The Balaban J connectivity index is 1.47. The number of fused-ring (bicyclic) bond motifs is 3. The van der Waals surface area contributed by atoms with Crippen LogP contribution in [-0.4, -0.2) is 22.9 Å². The van der Waals surface area contributed by atoms with Gasteiger partial charge in [0.15, 0.2) is 0 Å². The van der Waals surface area contributed by atoms with E-state index in [9.17, 15) is 9.59 Å². The number of hydrazine groups is 1. The zero-order valence-corrected chi connectivity index (χ0v) is 16.7. The summed E-state index contributed by atoms with van der Waals surface area (Å²) >= 11 is 0. The monoisotopic (exact) mass is 376 g/mol. The van der Waals surface area contributed by atoms with Gasteiger partial charge in [-0.2, -0.15) is 0 Å². The molecule has 0 N–H and O–H groups in total. The van der Waals surface area contributed by atoms with Crippen molar-refractivity contribution < 1.29 is 9.59 Å². The fourth-order valence-electron chi connectivity index (χ4n) is 7.49. The topological polar surface area (TPSA) is 40.6 Å². The quantitative estimate of drug-likeness (QED) is 0.727. The molecule has 4 fully saturated rings. The highest BCUT2D eigenvalue weighted by atomic mass is 16.2. The van der Waals surface area contributed by atoms with Crippen molar-refractivity contribution in [1.82, 2.24) is 5.01 Å². The smallest absolute Gasteiger partial charge is 0.254 e. The number of hydrogen-bond donors (Lipinski definition) is 0. The van der Waals surface area contributed by atoms with Crippen LogP contribution in [0.5, 0.6) is 0 Å². The second kappa shape index (κ2) is 5.28. The Hall–Kier alpha value is -2.10. The van der Waals surface area contributed by atoms with E-state index in [4.69, 9.17) is 0 Å². The Bertz CT molecular complexity index is 891. The van der Waals surface area contributed by atoms with Gasteiger partial charge in [-0.15, -0.1) is 0 Å². The number of anilines is 1. The van der Waals surface area contributed by atoms with Gasteiger partial charge in [0.25, 0.3) is 5.91 Å². The Morgan fingerprint density at radius 2 is 1.86 bits per heavy atom. The number of rotatable bonds is 2. The molecular formula is C24H28N2O2. The Morgan fingerprint density at radius 3 is 2.50 bits per heavy atom. The summed E-state index contributed by atoms with van der Waals surface area (Å²) in [5, 5.41) is 3.70. The first-order valence-corrected chi connectivity index (χ1v) is 10.9. The number of para-hydroxylation sites is 1. The standard InChI is InChI=1S/C24H28N2O2/c1-23(2)17-10-11-24(23)20(14-17)26(21(27)19-13-15-8-9-16(19)12-15)25(22(24)28)18-6-4-3-5-7-18/h3-9,15-17,19-20H,10-14H2,1-2H3/t15-,16+,17+,19-,20+,24-/m0/s1. The van der Waals surface area contributed by atoms with E-state index in [2.05, 4.69) is 26.0 Å². The molecule has 28 heavy (non-hydrogen) atoms. The zero-order chi connectivity index (χ0) is 19.3. The minimum atomic E-state index is -0.420. The molecule has 1 aromatic rings. The van der Waals surface area contributed by atoms with Crippen LogP contribution in [0.4, 0.5) is 5.69 Å². The van der Waals surface area contributed by atoms with Gasteiger partial charge in [-0.25, -0.2) is 10.0 Å². The zero-order valence-electron chi connectivity index (χ0n) is 16.7. The first-order chi connectivity index (χ1) is 13.4. The molecule has 0 radical (unpaired) electrons. The molecule has 1 spiro atoms. The van der Waals surface area contributed by atoms with E-state index in [-0.39, 0.29) is 29.2 Å². The third-order valence-corrected chi connectivity index (χ3v) is 9.04. The van der Waals surface area contributed by atoms with Gasteiger partial charge in [0, 0.05) is 5.92 Å². The van der Waals surface area contributed by atoms with E-state index in [1.54, 1.807) is 5.01 Å². The highest BCUT2D eigenvalue weighted by Gasteiger charge is 2.75. The summed E-state index contributed by atoms with van der Waals surface area (Å²) < 4.78 is 0. The number of benzene rings is 1. The lowest BCUT2D eigenvalue weighted by atomic mass is 9.67. The number of hydrogen-bond acceptors (Lipinski definition) is 2. The molecule has 1 aromatic carbocycles. The van der Waals surface area contributed by atoms with Crippen LogP contribution in [0.25, 0.3) is 0 Å². The van der Waals surface area contributed by atoms with E-state index >= 15 is 0 Å². The molecule has 146 valence electrons. The predicted molar refractivity (Wildman–Crippen MR) is 107 cm³/mol. The Kier molecular flexibility index (Phi) is 3.17. The van der Waals surface area contributed by atoms with E-state index in [1.165, 1.54) is 0 Å². The van der Waals surface area contributed by atoms with Crippen LogP contribution in [0.1, 0.15) is 46.0 Å². The number of allylic oxidation sites excluding steroid dienone is 2. The van der Waals surface area contributed by atoms with E-state index < -0.39 is 5.41 Å². The van der Waals surface area contributed by atoms with Gasteiger partial charge < -0.3 is 0 Å². The summed E-state index contributed by atoms with van der Waals surface area (Å²) in [7, 11) is 0. The lowest BCUT2D eigenvalue weighted by Gasteiger charge is -2.36. The van der Waals surface area contributed by atoms with Crippen molar-refractivity contribution in [3.8, 4) is 0 Å². The van der Waals surface area contributed by atoms with Gasteiger partial charge in [0.05, 0.1) is 17.1 Å². The molecule has 4 heteroatoms.